The van der Waals surface area contributed by atoms with E-state index >= 15 is 0 Å². The molecule has 0 aliphatic rings. The van der Waals surface area contributed by atoms with Gasteiger partial charge in [0.15, 0.2) is 11.6 Å². The summed E-state index contributed by atoms with van der Waals surface area (Å²) in [6.07, 6.45) is 2.14. The van der Waals surface area contributed by atoms with Gasteiger partial charge in [-0.1, -0.05) is 20.8 Å². The maximum absolute atomic E-state index is 13.7. The zero-order valence-electron chi connectivity index (χ0n) is 12.0. The Morgan fingerprint density at radius 3 is 2.74 bits per heavy atom. The van der Waals surface area contributed by atoms with Crippen molar-refractivity contribution in [1.82, 2.24) is 9.97 Å². The molecule has 0 spiro atoms. The van der Waals surface area contributed by atoms with E-state index in [1.54, 1.807) is 7.11 Å². The molecular formula is C13H23FN4O. The Hall–Kier alpha value is -1.43. The summed E-state index contributed by atoms with van der Waals surface area (Å²) in [5.41, 5.74) is 0. The van der Waals surface area contributed by atoms with Crippen LogP contribution in [-0.2, 0) is 4.74 Å². The number of ether oxygens (including phenoxy) is 1. The lowest BCUT2D eigenvalue weighted by Crippen LogP contribution is -2.31. The maximum atomic E-state index is 13.7. The van der Waals surface area contributed by atoms with Crippen LogP contribution in [0.1, 0.15) is 27.2 Å². The van der Waals surface area contributed by atoms with Crippen LogP contribution in [0.25, 0.3) is 0 Å². The van der Waals surface area contributed by atoms with Crippen molar-refractivity contribution in [2.75, 3.05) is 30.9 Å². The molecule has 1 aromatic rings. The maximum Gasteiger partial charge on any atom is 0.224 e. The number of aromatic nitrogens is 2. The quantitative estimate of drug-likeness (QED) is 0.760. The summed E-state index contributed by atoms with van der Waals surface area (Å²) in [6, 6.07) is 0.00780. The Morgan fingerprint density at radius 1 is 1.42 bits per heavy atom. The highest BCUT2D eigenvalue weighted by molar-refractivity contribution is 5.42. The van der Waals surface area contributed by atoms with Crippen LogP contribution in [0.3, 0.4) is 0 Å². The van der Waals surface area contributed by atoms with Crippen LogP contribution in [0.15, 0.2) is 6.20 Å². The molecule has 5 nitrogen and oxygen atoms in total. The highest BCUT2D eigenvalue weighted by Crippen LogP contribution is 2.16. The molecule has 0 aliphatic heterocycles. The Labute approximate surface area is 114 Å². The molecule has 0 aliphatic carbocycles. The molecule has 1 atom stereocenters. The van der Waals surface area contributed by atoms with Gasteiger partial charge >= 0.3 is 0 Å². The molecule has 6 heteroatoms. The van der Waals surface area contributed by atoms with Crippen molar-refractivity contribution in [1.29, 1.82) is 0 Å². The lowest BCUT2D eigenvalue weighted by molar-refractivity contribution is 0.171. The van der Waals surface area contributed by atoms with Gasteiger partial charge in [0.05, 0.1) is 18.8 Å². The second-order valence-electron chi connectivity index (χ2n) is 4.77. The number of rotatable bonds is 8. The van der Waals surface area contributed by atoms with Crippen molar-refractivity contribution in [2.45, 2.75) is 33.2 Å². The highest BCUT2D eigenvalue weighted by atomic mass is 19.1. The van der Waals surface area contributed by atoms with Gasteiger partial charge < -0.3 is 15.4 Å². The van der Waals surface area contributed by atoms with Crippen molar-refractivity contribution < 1.29 is 9.13 Å². The van der Waals surface area contributed by atoms with E-state index < -0.39 is 5.82 Å². The fourth-order valence-corrected chi connectivity index (χ4v) is 1.55. The van der Waals surface area contributed by atoms with Gasteiger partial charge in [0.1, 0.15) is 0 Å². The van der Waals surface area contributed by atoms with Gasteiger partial charge in [0.2, 0.25) is 5.95 Å². The molecule has 0 aromatic carbocycles. The van der Waals surface area contributed by atoms with Crippen LogP contribution >= 0.6 is 0 Å². The van der Waals surface area contributed by atoms with Gasteiger partial charge in [0, 0.05) is 13.7 Å². The fourth-order valence-electron chi connectivity index (χ4n) is 1.55. The minimum absolute atomic E-state index is 0.00780. The van der Waals surface area contributed by atoms with Crippen LogP contribution in [-0.4, -0.2) is 36.3 Å². The standard InChI is InChI=1S/C13H23FN4O/c1-5-6-15-13-16-7-10(14)12(18-13)17-11(8-19-4)9(2)3/h7,9,11H,5-6,8H2,1-4H3,(H2,15,16,17,18). The number of hydrogen-bond donors (Lipinski definition) is 2. The van der Waals surface area contributed by atoms with Crippen LogP contribution in [0.2, 0.25) is 0 Å². The third-order valence-corrected chi connectivity index (χ3v) is 2.75. The topological polar surface area (TPSA) is 59.1 Å². The van der Waals surface area contributed by atoms with Gasteiger partial charge in [0.25, 0.3) is 0 Å². The lowest BCUT2D eigenvalue weighted by Gasteiger charge is -2.22. The van der Waals surface area contributed by atoms with Crippen LogP contribution in [0.5, 0.6) is 0 Å². The number of anilines is 2. The number of halogens is 1. The summed E-state index contributed by atoms with van der Waals surface area (Å²) in [6.45, 7) is 7.40. The number of hydrogen-bond acceptors (Lipinski definition) is 5. The second-order valence-corrected chi connectivity index (χ2v) is 4.77. The summed E-state index contributed by atoms with van der Waals surface area (Å²) >= 11 is 0. The van der Waals surface area contributed by atoms with Crippen molar-refractivity contribution in [3.05, 3.63) is 12.0 Å². The Bertz CT molecular complexity index is 387. The molecule has 1 unspecified atom stereocenters. The van der Waals surface area contributed by atoms with E-state index in [4.69, 9.17) is 4.74 Å². The van der Waals surface area contributed by atoms with E-state index in [-0.39, 0.29) is 11.9 Å². The molecule has 19 heavy (non-hydrogen) atoms. The molecule has 1 rings (SSSR count). The predicted octanol–water partition coefficient (Wildman–Crippen LogP) is 2.52. The van der Waals surface area contributed by atoms with Gasteiger partial charge in [-0.3, -0.25) is 0 Å². The summed E-state index contributed by atoms with van der Waals surface area (Å²) in [4.78, 5) is 8.06. The minimum Gasteiger partial charge on any atom is -0.383 e. The minimum atomic E-state index is -0.455. The zero-order valence-corrected chi connectivity index (χ0v) is 12.0. The summed E-state index contributed by atoms with van der Waals surface area (Å²) in [5, 5.41) is 6.11. The van der Waals surface area contributed by atoms with Crippen molar-refractivity contribution in [2.24, 2.45) is 5.92 Å². The van der Waals surface area contributed by atoms with E-state index in [1.165, 1.54) is 6.20 Å². The first-order chi connectivity index (χ1) is 9.08. The predicted molar refractivity (Wildman–Crippen MR) is 74.9 cm³/mol. The molecule has 0 radical (unpaired) electrons. The molecule has 0 saturated heterocycles. The van der Waals surface area contributed by atoms with Gasteiger partial charge in [-0.05, 0) is 12.3 Å². The van der Waals surface area contributed by atoms with E-state index in [1.807, 2.05) is 20.8 Å². The third kappa shape index (κ3) is 4.98. The normalized spacial score (nSPS) is 12.5. The molecule has 0 saturated carbocycles. The molecule has 0 amide bonds. The monoisotopic (exact) mass is 270 g/mol. The van der Waals surface area contributed by atoms with E-state index in [2.05, 4.69) is 20.6 Å². The summed E-state index contributed by atoms with van der Waals surface area (Å²) < 4.78 is 18.8. The molecule has 1 aromatic heterocycles. The molecule has 0 bridgehead atoms. The smallest absolute Gasteiger partial charge is 0.224 e. The molecule has 108 valence electrons. The molecular weight excluding hydrogens is 247 g/mol. The third-order valence-electron chi connectivity index (χ3n) is 2.75. The first-order valence-electron chi connectivity index (χ1n) is 6.60. The van der Waals surface area contributed by atoms with Gasteiger partial charge in [-0.25, -0.2) is 9.37 Å². The first kappa shape index (κ1) is 15.6. The average Bonchev–Trinajstić information content (AvgIpc) is 2.38. The zero-order chi connectivity index (χ0) is 14.3. The summed E-state index contributed by atoms with van der Waals surface area (Å²) in [5.74, 6) is 0.500. The second kappa shape index (κ2) is 7.89. The SMILES string of the molecule is CCCNc1ncc(F)c(NC(COC)C(C)C)n1. The van der Waals surface area contributed by atoms with Crippen LogP contribution in [0.4, 0.5) is 16.2 Å². The molecule has 2 N–H and O–H groups in total. The first-order valence-corrected chi connectivity index (χ1v) is 6.60. The van der Waals surface area contributed by atoms with Crippen molar-refractivity contribution in [3.63, 3.8) is 0 Å². The van der Waals surface area contributed by atoms with E-state index in [0.29, 0.717) is 18.5 Å². The van der Waals surface area contributed by atoms with E-state index in [9.17, 15) is 4.39 Å². The number of methoxy groups -OCH3 is 1. The number of nitrogens with zero attached hydrogens (tertiary/aromatic N) is 2. The molecule has 0 fully saturated rings. The Kier molecular flexibility index (Phi) is 6.49. The summed E-state index contributed by atoms with van der Waals surface area (Å²) in [7, 11) is 1.63. The lowest BCUT2D eigenvalue weighted by atomic mass is 10.1. The largest absolute Gasteiger partial charge is 0.383 e. The van der Waals surface area contributed by atoms with Crippen molar-refractivity contribution in [3.8, 4) is 0 Å². The van der Waals surface area contributed by atoms with Crippen LogP contribution < -0.4 is 10.6 Å². The van der Waals surface area contributed by atoms with Crippen molar-refractivity contribution >= 4 is 11.8 Å². The Balaban J connectivity index is 2.79. The molecule has 1 heterocycles. The fraction of sp³-hybridized carbons (Fsp3) is 0.692. The van der Waals surface area contributed by atoms with Gasteiger partial charge in [-0.15, -0.1) is 0 Å². The van der Waals surface area contributed by atoms with Gasteiger partial charge in [-0.2, -0.15) is 4.98 Å². The highest BCUT2D eigenvalue weighted by Gasteiger charge is 2.16. The van der Waals surface area contributed by atoms with Crippen LogP contribution in [0, 0.1) is 11.7 Å². The number of nitrogens with one attached hydrogen (secondary N) is 2. The average molecular weight is 270 g/mol. The van der Waals surface area contributed by atoms with E-state index in [0.717, 1.165) is 13.0 Å². The Morgan fingerprint density at radius 2 is 2.16 bits per heavy atom.